The fourth-order valence-corrected chi connectivity index (χ4v) is 0.715. The maximum Gasteiger partial charge on any atom is 0.173 e. The van der Waals surface area contributed by atoms with Gasteiger partial charge in [-0.2, -0.15) is 4.39 Å². The minimum atomic E-state index is -0.343. The third-order valence-corrected chi connectivity index (χ3v) is 1.36. The first-order valence-corrected chi connectivity index (χ1v) is 3.29. The Kier molecular flexibility index (Phi) is 1.91. The Balaban J connectivity index is 2.89. The van der Waals surface area contributed by atoms with Gasteiger partial charge in [0.05, 0.1) is 0 Å². The van der Waals surface area contributed by atoms with Crippen molar-refractivity contribution in [3.05, 3.63) is 35.6 Å². The molecule has 1 heteroatoms. The molecular weight excluding hydrogens is 127 g/mol. The Bertz CT molecular complexity index is 198. The topological polar surface area (TPSA) is 0 Å². The van der Waals surface area contributed by atoms with Crippen molar-refractivity contribution in [2.24, 2.45) is 0 Å². The molecule has 10 heavy (non-hydrogen) atoms. The average molecular weight is 136 g/mol. The molecule has 0 aliphatic heterocycles. The zero-order valence-corrected chi connectivity index (χ0v) is 6.11. The fraction of sp³-hybridized carbons (Fsp3) is 0.333. The van der Waals surface area contributed by atoms with Crippen LogP contribution in [0.1, 0.15) is 25.3 Å². The molecule has 0 unspecified atom stereocenters. The Morgan fingerprint density at radius 1 is 1.30 bits per heavy atom. The highest BCUT2D eigenvalue weighted by atomic mass is 19.1. The van der Waals surface area contributed by atoms with Gasteiger partial charge in [0.1, 0.15) is 0 Å². The van der Waals surface area contributed by atoms with E-state index < -0.39 is 0 Å². The van der Waals surface area contributed by atoms with Crippen molar-refractivity contribution in [1.29, 1.82) is 0 Å². The summed E-state index contributed by atoms with van der Waals surface area (Å²) in [6, 6.07) is 8.27. The lowest BCUT2D eigenvalue weighted by Gasteiger charge is -1.98. The Labute approximate surface area is 60.7 Å². The molecule has 0 bridgehead atoms. The van der Waals surface area contributed by atoms with E-state index in [4.69, 9.17) is 0 Å². The van der Waals surface area contributed by atoms with Crippen LogP contribution in [-0.2, 0) is 0 Å². The highest BCUT2D eigenvalue weighted by molar-refractivity contribution is 5.12. The normalized spacial score (nSPS) is 9.60. The molecule has 1 aromatic rings. The molecule has 0 aliphatic carbocycles. The van der Waals surface area contributed by atoms with Crippen molar-refractivity contribution in [2.45, 2.75) is 19.8 Å². The predicted octanol–water partition coefficient (Wildman–Crippen LogP) is 2.55. The van der Waals surface area contributed by atoms with Gasteiger partial charge in [-0.25, -0.2) is 0 Å². The van der Waals surface area contributed by atoms with E-state index in [1.165, 1.54) is 6.07 Å². The van der Waals surface area contributed by atoms with Gasteiger partial charge in [0.25, 0.3) is 0 Å². The van der Waals surface area contributed by atoms with Gasteiger partial charge in [-0.15, -0.1) is 0 Å². The molecule has 0 aliphatic rings. The Morgan fingerprint density at radius 2 is 2.00 bits per heavy atom. The smallest absolute Gasteiger partial charge is 0.173 e. The van der Waals surface area contributed by atoms with Gasteiger partial charge in [0.15, 0.2) is 5.82 Å². The summed E-state index contributed by atoms with van der Waals surface area (Å²) in [6.45, 7) is 4.08. The van der Waals surface area contributed by atoms with E-state index in [1.807, 2.05) is 13.8 Å². The van der Waals surface area contributed by atoms with Gasteiger partial charge in [0.2, 0.25) is 0 Å². The monoisotopic (exact) mass is 136 g/mol. The number of halogens is 1. The van der Waals surface area contributed by atoms with E-state index in [0.29, 0.717) is 5.92 Å². The van der Waals surface area contributed by atoms with Gasteiger partial charge in [-0.1, -0.05) is 19.9 Å². The second kappa shape index (κ2) is 2.70. The van der Waals surface area contributed by atoms with Gasteiger partial charge in [-0.3, -0.25) is 0 Å². The van der Waals surface area contributed by atoms with E-state index in [9.17, 15) is 4.39 Å². The largest absolute Gasteiger partial charge is 0.197 e. The maximum atomic E-state index is 12.3. The van der Waals surface area contributed by atoms with Crippen LogP contribution in [0.25, 0.3) is 0 Å². The molecule has 0 spiro atoms. The predicted molar refractivity (Wildman–Crippen MR) is 38.2 cm³/mol. The Hall–Kier alpha value is -1.03. The van der Waals surface area contributed by atoms with Crippen LogP contribution in [0.2, 0.25) is 0 Å². The van der Waals surface area contributed by atoms with Crippen LogP contribution in [0.3, 0.4) is 0 Å². The zero-order valence-electron chi connectivity index (χ0n) is 6.11. The fourth-order valence-electron chi connectivity index (χ4n) is 0.715. The summed E-state index contributed by atoms with van der Waals surface area (Å²) >= 11 is 0. The molecule has 0 N–H and O–H groups in total. The summed E-state index contributed by atoms with van der Waals surface area (Å²) in [5.41, 5.74) is 1.00. The minimum absolute atomic E-state index is 0.343. The zero-order chi connectivity index (χ0) is 7.56. The first-order valence-electron chi connectivity index (χ1n) is 3.29. The van der Waals surface area contributed by atoms with Gasteiger partial charge in [0, 0.05) is 5.56 Å². The number of hydrogen-bond donors (Lipinski definition) is 0. The molecule has 1 aromatic carbocycles. The van der Waals surface area contributed by atoms with Crippen LogP contribution in [0.4, 0.5) is 4.39 Å². The highest BCUT2D eigenvalue weighted by Gasteiger charge is 1.95. The van der Waals surface area contributed by atoms with Gasteiger partial charge >= 0.3 is 0 Å². The summed E-state index contributed by atoms with van der Waals surface area (Å²) in [4.78, 5) is 0. The van der Waals surface area contributed by atoms with Crippen LogP contribution in [0, 0.1) is 17.9 Å². The molecule has 0 saturated heterocycles. The van der Waals surface area contributed by atoms with E-state index in [0.717, 1.165) is 5.56 Å². The molecule has 0 atom stereocenters. The summed E-state index contributed by atoms with van der Waals surface area (Å²) in [5.74, 6) is 0.0567. The first kappa shape index (κ1) is 7.08. The second-order valence-electron chi connectivity index (χ2n) is 2.54. The molecule has 0 radical (unpaired) electrons. The quantitative estimate of drug-likeness (QED) is 0.556. The molecule has 0 heterocycles. The second-order valence-corrected chi connectivity index (χ2v) is 2.54. The molecule has 0 aromatic heterocycles. The third kappa shape index (κ3) is 1.48. The minimum Gasteiger partial charge on any atom is -0.197 e. The SMILES string of the molecule is CC(C)c1c#cc(F)cc1. The molecule has 0 fully saturated rings. The molecule has 1 rings (SSSR count). The molecule has 0 saturated carbocycles. The van der Waals surface area contributed by atoms with E-state index in [2.05, 4.69) is 12.1 Å². The average Bonchev–Trinajstić information content (AvgIpc) is 1.88. The van der Waals surface area contributed by atoms with Crippen LogP contribution >= 0.6 is 0 Å². The molecule has 52 valence electrons. The summed E-state index contributed by atoms with van der Waals surface area (Å²) in [5, 5.41) is 0. The molecular formula is C9H9F. The van der Waals surface area contributed by atoms with Crippen molar-refractivity contribution in [3.63, 3.8) is 0 Å². The van der Waals surface area contributed by atoms with Crippen molar-refractivity contribution >= 4 is 0 Å². The van der Waals surface area contributed by atoms with Gasteiger partial charge < -0.3 is 0 Å². The number of rotatable bonds is 1. The van der Waals surface area contributed by atoms with Crippen LogP contribution in [0.15, 0.2) is 12.1 Å². The first-order chi connectivity index (χ1) is 4.70. The Morgan fingerprint density at radius 3 is 2.40 bits per heavy atom. The number of hydrogen-bond acceptors (Lipinski definition) is 0. The van der Waals surface area contributed by atoms with Crippen molar-refractivity contribution in [2.75, 3.05) is 0 Å². The molecule has 0 nitrogen and oxygen atoms in total. The lowest BCUT2D eigenvalue weighted by atomic mass is 10.1. The lowest BCUT2D eigenvalue weighted by molar-refractivity contribution is 0.627. The third-order valence-electron chi connectivity index (χ3n) is 1.36. The lowest BCUT2D eigenvalue weighted by Crippen LogP contribution is -1.83. The summed E-state index contributed by atoms with van der Waals surface area (Å²) < 4.78 is 12.3. The van der Waals surface area contributed by atoms with Crippen molar-refractivity contribution in [1.82, 2.24) is 0 Å². The van der Waals surface area contributed by atoms with Crippen molar-refractivity contribution in [3.8, 4) is 0 Å². The summed E-state index contributed by atoms with van der Waals surface area (Å²) in [6.07, 6.45) is 0. The van der Waals surface area contributed by atoms with Crippen LogP contribution < -0.4 is 0 Å². The van der Waals surface area contributed by atoms with Crippen LogP contribution in [0.5, 0.6) is 0 Å². The molecule has 0 amide bonds. The van der Waals surface area contributed by atoms with Gasteiger partial charge in [-0.05, 0) is 24.1 Å². The van der Waals surface area contributed by atoms with E-state index in [1.54, 1.807) is 6.07 Å². The van der Waals surface area contributed by atoms with Crippen molar-refractivity contribution < 1.29 is 4.39 Å². The van der Waals surface area contributed by atoms with E-state index >= 15 is 0 Å². The summed E-state index contributed by atoms with van der Waals surface area (Å²) in [7, 11) is 0. The standard InChI is InChI=1S/C9H9F/c1-7(2)8-3-5-9(10)6-4-8/h3,5,7H,1-2H3. The van der Waals surface area contributed by atoms with E-state index in [-0.39, 0.29) is 5.82 Å². The highest BCUT2D eigenvalue weighted by Crippen LogP contribution is 2.10. The van der Waals surface area contributed by atoms with Crippen LogP contribution in [-0.4, -0.2) is 0 Å². The maximum absolute atomic E-state index is 12.3.